The quantitative estimate of drug-likeness (QED) is 0.334. The van der Waals surface area contributed by atoms with Gasteiger partial charge >= 0.3 is 0 Å². The van der Waals surface area contributed by atoms with E-state index in [-0.39, 0.29) is 29.6 Å². The van der Waals surface area contributed by atoms with Crippen LogP contribution >= 0.6 is 0 Å². The predicted octanol–water partition coefficient (Wildman–Crippen LogP) is 5.01. The van der Waals surface area contributed by atoms with Gasteiger partial charge in [0.25, 0.3) is 0 Å². The first-order valence-corrected chi connectivity index (χ1v) is 17.0. The van der Waals surface area contributed by atoms with Crippen LogP contribution in [0.4, 0.5) is 21.6 Å². The third-order valence-electron chi connectivity index (χ3n) is 10.1. The highest BCUT2D eigenvalue weighted by atomic mass is 19.1. The minimum Gasteiger partial charge on any atom is -0.487 e. The van der Waals surface area contributed by atoms with Crippen molar-refractivity contribution >= 4 is 28.1 Å². The van der Waals surface area contributed by atoms with Gasteiger partial charge in [0.05, 0.1) is 28.8 Å². The number of hydrogen-bond donors (Lipinski definition) is 2. The molecule has 3 atom stereocenters. The Hall–Kier alpha value is -4.09. The van der Waals surface area contributed by atoms with Crippen LogP contribution in [-0.4, -0.2) is 80.2 Å². The lowest BCUT2D eigenvalue weighted by Crippen LogP contribution is -2.49. The van der Waals surface area contributed by atoms with Gasteiger partial charge in [-0.3, -0.25) is 9.69 Å². The summed E-state index contributed by atoms with van der Waals surface area (Å²) in [4.78, 5) is 25.8. The van der Waals surface area contributed by atoms with E-state index in [9.17, 15) is 4.79 Å². The van der Waals surface area contributed by atoms with Crippen molar-refractivity contribution in [1.29, 1.82) is 0 Å². The molecule has 0 saturated carbocycles. The highest BCUT2D eigenvalue weighted by molar-refractivity contribution is 5.92. The molecule has 2 saturated heterocycles. The maximum absolute atomic E-state index is 16.0. The van der Waals surface area contributed by atoms with E-state index < -0.39 is 0 Å². The topological polar surface area (TPSA) is 87.1 Å². The van der Waals surface area contributed by atoms with E-state index in [4.69, 9.17) is 9.47 Å². The van der Waals surface area contributed by atoms with Gasteiger partial charge in [0.2, 0.25) is 0 Å². The number of ether oxygens (including phenoxy) is 2. The molecule has 0 radical (unpaired) electrons. The van der Waals surface area contributed by atoms with Gasteiger partial charge in [-0.05, 0) is 81.2 Å². The molecular formula is C36H46FN7O3. The largest absolute Gasteiger partial charge is 0.487 e. The average Bonchev–Trinajstić information content (AvgIpc) is 3.11. The van der Waals surface area contributed by atoms with Crippen molar-refractivity contribution in [2.45, 2.75) is 63.9 Å². The zero-order chi connectivity index (χ0) is 32.5. The zero-order valence-electron chi connectivity index (χ0n) is 27.7. The molecule has 0 bridgehead atoms. The summed E-state index contributed by atoms with van der Waals surface area (Å²) in [6.07, 6.45) is 15.0. The van der Waals surface area contributed by atoms with Gasteiger partial charge in [-0.2, -0.15) is 0 Å². The number of hydrogen-bond acceptors (Lipinski definition) is 9. The van der Waals surface area contributed by atoms with E-state index in [2.05, 4.69) is 60.0 Å². The summed E-state index contributed by atoms with van der Waals surface area (Å²) in [5.74, 6) is 0.972. The SMILES string of the molecule is CNc1ccc(N2CCCC(N(CC3=CC(OC)NC=C3)Cc3cn4c5c(c(N6CCCCC6)c(F)cc5c3=O)OCC4C)C2)cn1. The van der Waals surface area contributed by atoms with Crippen molar-refractivity contribution in [3.63, 3.8) is 0 Å². The fourth-order valence-electron chi connectivity index (χ4n) is 7.56. The van der Waals surface area contributed by atoms with Gasteiger partial charge in [0.15, 0.2) is 17.0 Å². The van der Waals surface area contributed by atoms with Crippen LogP contribution in [0, 0.1) is 5.82 Å². The molecule has 2 aromatic heterocycles. The summed E-state index contributed by atoms with van der Waals surface area (Å²) in [5.41, 5.74) is 3.96. The number of methoxy groups -OCH3 is 1. The molecule has 2 N–H and O–H groups in total. The molecule has 0 amide bonds. The molecule has 4 aliphatic rings. The molecule has 11 heteroatoms. The van der Waals surface area contributed by atoms with Crippen LogP contribution < -0.4 is 30.6 Å². The van der Waals surface area contributed by atoms with E-state index in [0.717, 1.165) is 75.4 Å². The van der Waals surface area contributed by atoms with E-state index in [1.165, 1.54) is 6.07 Å². The van der Waals surface area contributed by atoms with Crippen LogP contribution in [0.5, 0.6) is 5.75 Å². The molecule has 0 spiro atoms. The number of dihydropyridines is 1. The van der Waals surface area contributed by atoms with Crippen LogP contribution in [0.1, 0.15) is 50.6 Å². The predicted molar refractivity (Wildman–Crippen MR) is 185 cm³/mol. The van der Waals surface area contributed by atoms with E-state index >= 15 is 4.39 Å². The lowest BCUT2D eigenvalue weighted by atomic mass is 10.00. The number of piperidine rings is 2. The normalized spacial score (nSPS) is 22.7. The lowest BCUT2D eigenvalue weighted by molar-refractivity contribution is 0.121. The second-order valence-corrected chi connectivity index (χ2v) is 13.2. The molecule has 3 aromatic rings. The molecule has 6 heterocycles. The first-order valence-electron chi connectivity index (χ1n) is 17.0. The smallest absolute Gasteiger partial charge is 0.194 e. The Labute approximate surface area is 275 Å². The summed E-state index contributed by atoms with van der Waals surface area (Å²) in [6.45, 7) is 6.97. The van der Waals surface area contributed by atoms with Gasteiger partial charge in [-0.25, -0.2) is 9.37 Å². The maximum atomic E-state index is 16.0. The van der Waals surface area contributed by atoms with Gasteiger partial charge in [-0.1, -0.05) is 0 Å². The van der Waals surface area contributed by atoms with Gasteiger partial charge < -0.3 is 34.5 Å². The Morgan fingerprint density at radius 1 is 1.15 bits per heavy atom. The Bertz CT molecular complexity index is 1720. The second-order valence-electron chi connectivity index (χ2n) is 13.2. The number of pyridine rings is 2. The fourth-order valence-corrected chi connectivity index (χ4v) is 7.56. The molecule has 2 fully saturated rings. The van der Waals surface area contributed by atoms with Crippen LogP contribution in [-0.2, 0) is 11.3 Å². The Balaban J connectivity index is 1.26. The molecule has 250 valence electrons. The molecular weight excluding hydrogens is 597 g/mol. The average molecular weight is 644 g/mol. The van der Waals surface area contributed by atoms with Crippen molar-refractivity contribution < 1.29 is 13.9 Å². The van der Waals surface area contributed by atoms with Crippen molar-refractivity contribution in [1.82, 2.24) is 19.8 Å². The Kier molecular flexibility index (Phi) is 9.09. The fraction of sp³-hybridized carbons (Fsp3) is 0.500. The van der Waals surface area contributed by atoms with E-state index in [0.29, 0.717) is 47.6 Å². The number of halogens is 1. The summed E-state index contributed by atoms with van der Waals surface area (Å²) < 4.78 is 29.9. The summed E-state index contributed by atoms with van der Waals surface area (Å²) in [7, 11) is 3.56. The Morgan fingerprint density at radius 2 is 1.98 bits per heavy atom. The van der Waals surface area contributed by atoms with Crippen LogP contribution in [0.15, 0.2) is 59.3 Å². The lowest BCUT2D eigenvalue weighted by Gasteiger charge is -2.41. The van der Waals surface area contributed by atoms with E-state index in [1.54, 1.807) is 7.11 Å². The van der Waals surface area contributed by atoms with Crippen molar-refractivity contribution in [2.75, 3.05) is 68.6 Å². The minimum absolute atomic E-state index is 0.00763. The van der Waals surface area contributed by atoms with Gasteiger partial charge in [-0.15, -0.1) is 0 Å². The third kappa shape index (κ3) is 6.30. The number of anilines is 3. The maximum Gasteiger partial charge on any atom is 0.194 e. The minimum atomic E-state index is -0.377. The molecule has 0 aliphatic carbocycles. The number of benzene rings is 1. The molecule has 10 nitrogen and oxygen atoms in total. The molecule has 7 rings (SSSR count). The zero-order valence-corrected chi connectivity index (χ0v) is 27.7. The first kappa shape index (κ1) is 31.5. The number of rotatable bonds is 9. The van der Waals surface area contributed by atoms with E-state index in [1.807, 2.05) is 31.7 Å². The van der Waals surface area contributed by atoms with Gasteiger partial charge in [0, 0.05) is 71.2 Å². The highest BCUT2D eigenvalue weighted by Gasteiger charge is 2.32. The number of aromatic nitrogens is 2. The van der Waals surface area contributed by atoms with Crippen molar-refractivity contribution in [2.24, 2.45) is 0 Å². The highest BCUT2D eigenvalue weighted by Crippen LogP contribution is 2.42. The third-order valence-corrected chi connectivity index (χ3v) is 10.1. The summed E-state index contributed by atoms with van der Waals surface area (Å²) in [6, 6.07) is 5.77. The van der Waals surface area contributed by atoms with Crippen molar-refractivity contribution in [3.05, 3.63) is 76.1 Å². The summed E-state index contributed by atoms with van der Waals surface area (Å²) >= 11 is 0. The first-order chi connectivity index (χ1) is 22.9. The monoisotopic (exact) mass is 643 g/mol. The van der Waals surface area contributed by atoms with Crippen LogP contribution in [0.25, 0.3) is 10.9 Å². The summed E-state index contributed by atoms with van der Waals surface area (Å²) in [5, 5.41) is 6.70. The Morgan fingerprint density at radius 3 is 2.74 bits per heavy atom. The molecule has 4 aliphatic heterocycles. The number of nitrogens with zero attached hydrogens (tertiary/aromatic N) is 5. The number of nitrogens with one attached hydrogen (secondary N) is 2. The van der Waals surface area contributed by atoms with Gasteiger partial charge in [0.1, 0.15) is 24.3 Å². The second kappa shape index (κ2) is 13.6. The standard InChI is InChI=1S/C36H46FN7O3/c1-24-23-47-36-33-29(17-30(37)34(36)41-13-5-4-6-14-41)35(45)26(21-44(24)33)20-43(19-25-11-12-39-32(16-25)46-3)28-8-7-15-42(22-28)27-9-10-31(38-2)40-18-27/h9-12,16-18,21,24,28,32,39H,4-8,13-15,19-20,22-23H2,1-3H3,(H,38,40). The molecule has 47 heavy (non-hydrogen) atoms. The van der Waals surface area contributed by atoms with Crippen molar-refractivity contribution in [3.8, 4) is 5.75 Å². The van der Waals surface area contributed by atoms with Crippen LogP contribution in [0.2, 0.25) is 0 Å². The molecule has 1 aromatic carbocycles. The van der Waals surface area contributed by atoms with Crippen LogP contribution in [0.3, 0.4) is 0 Å². The molecule has 3 unspecified atom stereocenters.